The van der Waals surface area contributed by atoms with Gasteiger partial charge in [0.2, 0.25) is 0 Å². The van der Waals surface area contributed by atoms with Gasteiger partial charge in [-0.05, 0) is 46.9 Å². The summed E-state index contributed by atoms with van der Waals surface area (Å²) in [6, 6.07) is 20.3. The van der Waals surface area contributed by atoms with Crippen molar-refractivity contribution in [2.75, 3.05) is 14.2 Å². The second-order valence-electron chi connectivity index (χ2n) is 6.18. The van der Waals surface area contributed by atoms with Crippen LogP contribution in [0.3, 0.4) is 0 Å². The molecule has 3 aromatic rings. The minimum Gasteiger partial charge on any atom is -0.496 e. The summed E-state index contributed by atoms with van der Waals surface area (Å²) < 4.78 is 10.7. The van der Waals surface area contributed by atoms with Crippen LogP contribution in [-0.2, 0) is 0 Å². The van der Waals surface area contributed by atoms with Crippen molar-refractivity contribution >= 4 is 18.4 Å². The largest absolute Gasteiger partial charge is 0.496 e. The molecule has 0 atom stereocenters. The Balaban J connectivity index is 1.99. The lowest BCUT2D eigenvalue weighted by molar-refractivity contribution is 0.111. The third-order valence-electron chi connectivity index (χ3n) is 4.60. The highest BCUT2D eigenvalue weighted by Crippen LogP contribution is 2.31. The van der Waals surface area contributed by atoms with Gasteiger partial charge in [-0.3, -0.25) is 4.79 Å². The van der Waals surface area contributed by atoms with Gasteiger partial charge in [0.05, 0.1) is 19.8 Å². The minimum atomic E-state index is 0.416. The second kappa shape index (κ2) is 8.37. The highest BCUT2D eigenvalue weighted by Gasteiger charge is 2.11. The highest BCUT2D eigenvalue weighted by atomic mass is 16.5. The first-order valence-corrected chi connectivity index (χ1v) is 8.72. The molecule has 0 saturated heterocycles. The molecule has 0 N–H and O–H groups in total. The van der Waals surface area contributed by atoms with Crippen LogP contribution in [0.4, 0.5) is 0 Å². The van der Waals surface area contributed by atoms with Gasteiger partial charge in [0.1, 0.15) is 11.5 Å². The number of methoxy groups -OCH3 is 2. The Morgan fingerprint density at radius 1 is 0.815 bits per heavy atom. The number of aldehydes is 1. The van der Waals surface area contributed by atoms with E-state index < -0.39 is 0 Å². The molecule has 0 unspecified atom stereocenters. The average Bonchev–Trinajstić information content (AvgIpc) is 2.72. The summed E-state index contributed by atoms with van der Waals surface area (Å²) in [5.74, 6) is 0.998. The van der Waals surface area contributed by atoms with Gasteiger partial charge >= 0.3 is 0 Å². The smallest absolute Gasteiger partial charge is 0.157 e. The van der Waals surface area contributed by atoms with Gasteiger partial charge in [-0.15, -0.1) is 0 Å². The Hall–Kier alpha value is -3.33. The summed E-state index contributed by atoms with van der Waals surface area (Å²) in [6.07, 6.45) is 4.81. The summed E-state index contributed by atoms with van der Waals surface area (Å²) in [5.41, 5.74) is 6.07. The van der Waals surface area contributed by atoms with E-state index >= 15 is 0 Å². The zero-order valence-electron chi connectivity index (χ0n) is 15.7. The van der Waals surface area contributed by atoms with Gasteiger partial charge < -0.3 is 9.47 Å². The Morgan fingerprint density at radius 3 is 2.07 bits per heavy atom. The van der Waals surface area contributed by atoms with Gasteiger partial charge in [-0.25, -0.2) is 0 Å². The van der Waals surface area contributed by atoms with E-state index in [1.807, 2.05) is 36.4 Å². The fourth-order valence-corrected chi connectivity index (χ4v) is 3.12. The molecule has 0 aromatic heterocycles. The topological polar surface area (TPSA) is 35.5 Å². The molecule has 3 nitrogen and oxygen atoms in total. The van der Waals surface area contributed by atoms with E-state index in [-0.39, 0.29) is 0 Å². The number of carbonyl (C=O) groups is 1. The van der Waals surface area contributed by atoms with Crippen LogP contribution in [-0.4, -0.2) is 20.5 Å². The quantitative estimate of drug-likeness (QED) is 0.421. The molecule has 0 amide bonds. The zero-order valence-corrected chi connectivity index (χ0v) is 15.7. The molecule has 3 aromatic carbocycles. The van der Waals surface area contributed by atoms with Gasteiger partial charge in [0.25, 0.3) is 0 Å². The standard InChI is InChI=1S/C24H22O3/c1-17-19(10-7-11-21(17)20-8-5-4-6-9-20)13-12-18-14-23(26-2)22(16-25)24(15-18)27-3/h4-16H,1-3H3/b13-12+. The SMILES string of the molecule is COc1cc(/C=C/c2cccc(-c3ccccc3)c2C)cc(OC)c1C=O. The number of benzene rings is 3. The first-order valence-electron chi connectivity index (χ1n) is 8.72. The molecule has 0 bridgehead atoms. The maximum absolute atomic E-state index is 11.3. The third kappa shape index (κ3) is 3.93. The van der Waals surface area contributed by atoms with Gasteiger partial charge in [-0.2, -0.15) is 0 Å². The Kier molecular flexibility index (Phi) is 5.72. The Bertz CT molecular complexity index is 947. The van der Waals surface area contributed by atoms with Crippen LogP contribution < -0.4 is 9.47 Å². The lowest BCUT2D eigenvalue weighted by atomic mass is 9.96. The monoisotopic (exact) mass is 358 g/mol. The van der Waals surface area contributed by atoms with Crippen LogP contribution in [0.1, 0.15) is 27.0 Å². The minimum absolute atomic E-state index is 0.416. The van der Waals surface area contributed by atoms with Crippen LogP contribution in [0.5, 0.6) is 11.5 Å². The van der Waals surface area contributed by atoms with Crippen LogP contribution in [0.15, 0.2) is 60.7 Å². The van der Waals surface area contributed by atoms with Gasteiger partial charge in [0, 0.05) is 0 Å². The summed E-state index contributed by atoms with van der Waals surface area (Å²) in [5, 5.41) is 0. The van der Waals surface area contributed by atoms with Crippen LogP contribution in [0, 0.1) is 6.92 Å². The predicted octanol–water partition coefficient (Wildman–Crippen LogP) is 5.66. The molecule has 0 heterocycles. The number of ether oxygens (including phenoxy) is 2. The normalized spacial score (nSPS) is 10.8. The summed E-state index contributed by atoms with van der Waals surface area (Å²) in [6.45, 7) is 2.12. The first-order chi connectivity index (χ1) is 13.2. The molecule has 0 spiro atoms. The average molecular weight is 358 g/mol. The number of carbonyl (C=O) groups excluding carboxylic acids is 1. The highest BCUT2D eigenvalue weighted by molar-refractivity contribution is 5.86. The van der Waals surface area contributed by atoms with E-state index in [2.05, 4.69) is 43.3 Å². The maximum atomic E-state index is 11.3. The molecular formula is C24H22O3. The zero-order chi connectivity index (χ0) is 19.2. The lowest BCUT2D eigenvalue weighted by Crippen LogP contribution is -1.96. The van der Waals surface area contributed by atoms with Crippen LogP contribution in [0.25, 0.3) is 23.3 Å². The summed E-state index contributed by atoms with van der Waals surface area (Å²) in [7, 11) is 3.09. The predicted molar refractivity (Wildman–Crippen MR) is 110 cm³/mol. The molecule has 0 aliphatic rings. The first kappa shape index (κ1) is 18.5. The van der Waals surface area contributed by atoms with E-state index in [4.69, 9.17) is 9.47 Å². The molecule has 0 saturated carbocycles. The molecule has 0 aliphatic heterocycles. The van der Waals surface area contributed by atoms with E-state index in [1.54, 1.807) is 14.2 Å². The Labute approximate surface area is 159 Å². The molecule has 3 rings (SSSR count). The van der Waals surface area contributed by atoms with Crippen molar-refractivity contribution in [1.29, 1.82) is 0 Å². The van der Waals surface area contributed by atoms with E-state index in [0.29, 0.717) is 17.1 Å². The summed E-state index contributed by atoms with van der Waals surface area (Å²) >= 11 is 0. The van der Waals surface area contributed by atoms with Crippen molar-refractivity contribution in [2.45, 2.75) is 6.92 Å². The number of rotatable bonds is 6. The van der Waals surface area contributed by atoms with E-state index in [1.165, 1.54) is 16.7 Å². The van der Waals surface area contributed by atoms with Crippen molar-refractivity contribution in [3.05, 3.63) is 82.9 Å². The Morgan fingerprint density at radius 2 is 1.48 bits per heavy atom. The summed E-state index contributed by atoms with van der Waals surface area (Å²) in [4.78, 5) is 11.3. The molecule has 0 radical (unpaired) electrons. The maximum Gasteiger partial charge on any atom is 0.157 e. The van der Waals surface area contributed by atoms with Crippen molar-refractivity contribution < 1.29 is 14.3 Å². The second-order valence-corrected chi connectivity index (χ2v) is 6.18. The van der Waals surface area contributed by atoms with Gasteiger partial charge in [0.15, 0.2) is 6.29 Å². The fraction of sp³-hybridized carbons (Fsp3) is 0.125. The molecule has 0 aliphatic carbocycles. The van der Waals surface area contributed by atoms with Crippen LogP contribution >= 0.6 is 0 Å². The number of hydrogen-bond donors (Lipinski definition) is 0. The molecule has 3 heteroatoms. The van der Waals surface area contributed by atoms with Crippen molar-refractivity contribution in [1.82, 2.24) is 0 Å². The van der Waals surface area contributed by atoms with E-state index in [9.17, 15) is 4.79 Å². The van der Waals surface area contributed by atoms with Crippen molar-refractivity contribution in [3.63, 3.8) is 0 Å². The molecular weight excluding hydrogens is 336 g/mol. The number of hydrogen-bond acceptors (Lipinski definition) is 3. The molecule has 27 heavy (non-hydrogen) atoms. The lowest BCUT2D eigenvalue weighted by Gasteiger charge is -2.11. The fourth-order valence-electron chi connectivity index (χ4n) is 3.12. The van der Waals surface area contributed by atoms with Crippen molar-refractivity contribution in [3.8, 4) is 22.6 Å². The van der Waals surface area contributed by atoms with E-state index in [0.717, 1.165) is 17.4 Å². The van der Waals surface area contributed by atoms with Gasteiger partial charge in [-0.1, -0.05) is 60.7 Å². The van der Waals surface area contributed by atoms with Crippen LogP contribution in [0.2, 0.25) is 0 Å². The van der Waals surface area contributed by atoms with Crippen molar-refractivity contribution in [2.24, 2.45) is 0 Å². The molecule has 136 valence electrons. The third-order valence-corrected chi connectivity index (χ3v) is 4.60. The molecule has 0 fully saturated rings.